The summed E-state index contributed by atoms with van der Waals surface area (Å²) in [5, 5.41) is 5.77. The van der Waals surface area contributed by atoms with Crippen LogP contribution in [0, 0.1) is 0 Å². The van der Waals surface area contributed by atoms with Gasteiger partial charge in [-0.05, 0) is 43.0 Å². The molecule has 2 aliphatic rings. The van der Waals surface area contributed by atoms with Crippen LogP contribution in [0.2, 0.25) is 0 Å². The Kier molecular flexibility index (Phi) is 8.02. The van der Waals surface area contributed by atoms with Crippen LogP contribution in [-0.2, 0) is 20.7 Å². The van der Waals surface area contributed by atoms with Gasteiger partial charge in [-0.25, -0.2) is 0 Å². The van der Waals surface area contributed by atoms with E-state index < -0.39 is 0 Å². The van der Waals surface area contributed by atoms with Crippen molar-refractivity contribution >= 4 is 23.4 Å². The van der Waals surface area contributed by atoms with Gasteiger partial charge in [0.15, 0.2) is 0 Å². The van der Waals surface area contributed by atoms with E-state index in [1.165, 1.54) is 5.56 Å². The van der Waals surface area contributed by atoms with Gasteiger partial charge in [0.1, 0.15) is 18.5 Å². The van der Waals surface area contributed by atoms with Gasteiger partial charge in [0.05, 0.1) is 24.1 Å². The van der Waals surface area contributed by atoms with Crippen LogP contribution >= 0.6 is 0 Å². The third-order valence-electron chi connectivity index (χ3n) is 6.61. The van der Waals surface area contributed by atoms with Crippen molar-refractivity contribution in [3.63, 3.8) is 0 Å². The molecule has 0 aliphatic carbocycles. The van der Waals surface area contributed by atoms with Crippen molar-refractivity contribution in [3.8, 4) is 5.75 Å². The van der Waals surface area contributed by atoms with Crippen molar-refractivity contribution in [3.05, 3.63) is 59.7 Å². The fraction of sp³-hybridized carbons (Fsp3) is 0.444. The molecule has 186 valence electrons. The Hall–Kier alpha value is -3.39. The number of nitrogens with zero attached hydrogens (tertiary/aromatic N) is 1. The largest absolute Gasteiger partial charge is 0.490 e. The van der Waals surface area contributed by atoms with E-state index in [9.17, 15) is 14.4 Å². The first kappa shape index (κ1) is 24.7. The van der Waals surface area contributed by atoms with Crippen LogP contribution in [0.25, 0.3) is 0 Å². The summed E-state index contributed by atoms with van der Waals surface area (Å²) in [6.07, 6.45) is 2.29. The summed E-state index contributed by atoms with van der Waals surface area (Å²) < 4.78 is 12.2. The number of fused-ring (bicyclic) bond motifs is 2. The molecular formula is C27H33N3O5. The lowest BCUT2D eigenvalue weighted by atomic mass is 9.94. The summed E-state index contributed by atoms with van der Waals surface area (Å²) in [6.45, 7) is 2.64. The van der Waals surface area contributed by atoms with Gasteiger partial charge in [0.25, 0.3) is 5.91 Å². The fourth-order valence-corrected chi connectivity index (χ4v) is 4.62. The van der Waals surface area contributed by atoms with Crippen LogP contribution in [0.1, 0.15) is 48.5 Å². The highest BCUT2D eigenvalue weighted by Gasteiger charge is 2.39. The van der Waals surface area contributed by atoms with Crippen LogP contribution in [0.4, 0.5) is 5.69 Å². The van der Waals surface area contributed by atoms with E-state index in [-0.39, 0.29) is 49.0 Å². The molecule has 0 saturated carbocycles. The van der Waals surface area contributed by atoms with Crippen molar-refractivity contribution in [2.24, 2.45) is 0 Å². The zero-order chi connectivity index (χ0) is 24.8. The van der Waals surface area contributed by atoms with Crippen molar-refractivity contribution in [2.45, 2.75) is 57.3 Å². The first-order valence-electron chi connectivity index (χ1n) is 12.2. The Morgan fingerprint density at radius 3 is 2.66 bits per heavy atom. The van der Waals surface area contributed by atoms with Gasteiger partial charge in [0, 0.05) is 25.7 Å². The first-order valence-corrected chi connectivity index (χ1v) is 12.2. The van der Waals surface area contributed by atoms with Crippen LogP contribution in [0.5, 0.6) is 5.75 Å². The number of carbonyl (C=O) groups excluding carboxylic acids is 3. The van der Waals surface area contributed by atoms with Gasteiger partial charge < -0.3 is 25.0 Å². The molecule has 2 aromatic rings. The topological polar surface area (TPSA) is 97.0 Å². The minimum absolute atomic E-state index is 0.0347. The molecule has 3 amide bonds. The molecule has 4 rings (SSSR count). The monoisotopic (exact) mass is 479 g/mol. The van der Waals surface area contributed by atoms with E-state index in [4.69, 9.17) is 9.47 Å². The van der Waals surface area contributed by atoms with E-state index in [1.54, 1.807) is 37.1 Å². The SMILES string of the molecule is CCC(=O)Nc1ccc2c(c1)C(=O)N(C)[C@@H]1CC[C@@H](CC(=O)NCCc3ccccc3)O[C@@H]1CO2. The van der Waals surface area contributed by atoms with Crippen molar-refractivity contribution in [1.29, 1.82) is 0 Å². The molecule has 0 unspecified atom stereocenters. The third-order valence-corrected chi connectivity index (χ3v) is 6.61. The average Bonchev–Trinajstić information content (AvgIpc) is 2.87. The predicted molar refractivity (Wildman–Crippen MR) is 132 cm³/mol. The summed E-state index contributed by atoms with van der Waals surface area (Å²) in [4.78, 5) is 39.2. The first-order chi connectivity index (χ1) is 16.9. The maximum Gasteiger partial charge on any atom is 0.257 e. The molecule has 2 N–H and O–H groups in total. The van der Waals surface area contributed by atoms with E-state index in [2.05, 4.69) is 10.6 Å². The summed E-state index contributed by atoms with van der Waals surface area (Å²) in [7, 11) is 1.77. The number of rotatable bonds is 7. The Labute approximate surface area is 206 Å². The zero-order valence-electron chi connectivity index (χ0n) is 20.3. The van der Waals surface area contributed by atoms with E-state index in [0.717, 1.165) is 12.8 Å². The molecular weight excluding hydrogens is 446 g/mol. The standard InChI is InChI=1S/C27H33N3O5/c1-3-25(31)29-19-9-12-23-21(15-19)27(33)30(2)22-11-10-20(35-24(22)17-34-23)16-26(32)28-14-13-18-7-5-4-6-8-18/h4-9,12,15,20,22,24H,3,10-11,13-14,16-17H2,1-2H3,(H,28,32)(H,29,31)/t20-,22+,24+/m0/s1. The van der Waals surface area contributed by atoms with Crippen LogP contribution < -0.4 is 15.4 Å². The Morgan fingerprint density at radius 1 is 1.09 bits per heavy atom. The number of ether oxygens (including phenoxy) is 2. The Morgan fingerprint density at radius 2 is 1.89 bits per heavy atom. The molecule has 8 nitrogen and oxygen atoms in total. The lowest BCUT2D eigenvalue weighted by molar-refractivity contribution is -0.134. The smallest absolute Gasteiger partial charge is 0.257 e. The summed E-state index contributed by atoms with van der Waals surface area (Å²) in [5.41, 5.74) is 2.17. The molecule has 2 heterocycles. The highest BCUT2D eigenvalue weighted by Crippen LogP contribution is 2.32. The summed E-state index contributed by atoms with van der Waals surface area (Å²) in [5.74, 6) is 0.128. The number of hydrogen-bond acceptors (Lipinski definition) is 5. The van der Waals surface area contributed by atoms with Crippen molar-refractivity contribution < 1.29 is 23.9 Å². The molecule has 1 fully saturated rings. The second-order valence-corrected chi connectivity index (χ2v) is 9.07. The molecule has 2 aromatic carbocycles. The second-order valence-electron chi connectivity index (χ2n) is 9.07. The molecule has 2 aliphatic heterocycles. The predicted octanol–water partition coefficient (Wildman–Crippen LogP) is 3.16. The minimum atomic E-state index is -0.326. The number of anilines is 1. The highest BCUT2D eigenvalue weighted by atomic mass is 16.5. The lowest BCUT2D eigenvalue weighted by Crippen LogP contribution is -2.54. The van der Waals surface area contributed by atoms with E-state index in [1.807, 2.05) is 30.3 Å². The Balaban J connectivity index is 1.35. The number of hydrogen-bond donors (Lipinski definition) is 2. The van der Waals surface area contributed by atoms with Crippen LogP contribution in [-0.4, -0.2) is 61.1 Å². The minimum Gasteiger partial charge on any atom is -0.490 e. The molecule has 35 heavy (non-hydrogen) atoms. The van der Waals surface area contributed by atoms with Gasteiger partial charge >= 0.3 is 0 Å². The third kappa shape index (κ3) is 6.19. The van der Waals surface area contributed by atoms with Gasteiger partial charge in [-0.15, -0.1) is 0 Å². The molecule has 3 atom stereocenters. The number of likely N-dealkylation sites (N-methyl/N-ethyl adjacent to an activating group) is 1. The quantitative estimate of drug-likeness (QED) is 0.636. The maximum absolute atomic E-state index is 13.3. The fourth-order valence-electron chi connectivity index (χ4n) is 4.62. The average molecular weight is 480 g/mol. The number of amides is 3. The molecule has 8 heteroatoms. The highest BCUT2D eigenvalue weighted by molar-refractivity contribution is 5.99. The van der Waals surface area contributed by atoms with E-state index in [0.29, 0.717) is 36.4 Å². The van der Waals surface area contributed by atoms with Crippen LogP contribution in [0.3, 0.4) is 0 Å². The normalized spacial score (nSPS) is 21.6. The number of nitrogens with one attached hydrogen (secondary N) is 2. The van der Waals surface area contributed by atoms with Crippen LogP contribution in [0.15, 0.2) is 48.5 Å². The maximum atomic E-state index is 13.3. The summed E-state index contributed by atoms with van der Waals surface area (Å²) >= 11 is 0. The van der Waals surface area contributed by atoms with Gasteiger partial charge in [-0.2, -0.15) is 0 Å². The summed E-state index contributed by atoms with van der Waals surface area (Å²) in [6, 6.07) is 15.0. The van der Waals surface area contributed by atoms with E-state index >= 15 is 0 Å². The molecule has 0 radical (unpaired) electrons. The van der Waals surface area contributed by atoms with Crippen molar-refractivity contribution in [1.82, 2.24) is 10.2 Å². The molecule has 0 aromatic heterocycles. The van der Waals surface area contributed by atoms with Crippen molar-refractivity contribution in [2.75, 3.05) is 25.5 Å². The van der Waals surface area contributed by atoms with Gasteiger partial charge in [0.2, 0.25) is 11.8 Å². The molecule has 1 saturated heterocycles. The van der Waals surface area contributed by atoms with Gasteiger partial charge in [-0.1, -0.05) is 37.3 Å². The number of carbonyl (C=O) groups is 3. The van der Waals surface area contributed by atoms with Gasteiger partial charge in [-0.3, -0.25) is 14.4 Å². The number of benzene rings is 2. The second kappa shape index (κ2) is 11.4. The molecule has 0 spiro atoms. The zero-order valence-corrected chi connectivity index (χ0v) is 20.3. The Bertz CT molecular complexity index is 1060. The molecule has 0 bridgehead atoms. The lowest BCUT2D eigenvalue weighted by Gasteiger charge is -2.42.